The van der Waals surface area contributed by atoms with Crippen molar-refractivity contribution >= 4 is 27.3 Å². The fraction of sp³-hybridized carbons (Fsp3) is 0.316. The van der Waals surface area contributed by atoms with Gasteiger partial charge in [0.05, 0.1) is 16.9 Å². The molecule has 1 atom stereocenters. The summed E-state index contributed by atoms with van der Waals surface area (Å²) in [7, 11) is -3.84. The highest BCUT2D eigenvalue weighted by Gasteiger charge is 2.32. The molecule has 1 N–H and O–H groups in total. The molecule has 1 amide bonds. The van der Waals surface area contributed by atoms with Gasteiger partial charge in [0, 0.05) is 18.7 Å². The Morgan fingerprint density at radius 1 is 1.18 bits per heavy atom. The van der Waals surface area contributed by atoms with Crippen LogP contribution in [0.2, 0.25) is 0 Å². The van der Waals surface area contributed by atoms with Crippen molar-refractivity contribution in [3.63, 3.8) is 0 Å². The number of sulfonamides is 1. The van der Waals surface area contributed by atoms with Crippen LogP contribution in [0.3, 0.4) is 0 Å². The number of benzene rings is 2. The number of nitrogens with zero attached hydrogens (tertiary/aromatic N) is 2. The van der Waals surface area contributed by atoms with Crippen molar-refractivity contribution < 1.29 is 18.1 Å². The number of anilines is 1. The van der Waals surface area contributed by atoms with Crippen molar-refractivity contribution in [1.29, 1.82) is 0 Å². The topological polar surface area (TPSA) is 110 Å². The van der Waals surface area contributed by atoms with E-state index in [1.165, 1.54) is 18.2 Å². The Labute approximate surface area is 164 Å². The highest BCUT2D eigenvalue weighted by atomic mass is 32.2. The van der Waals surface area contributed by atoms with Crippen LogP contribution in [0.5, 0.6) is 0 Å². The molecule has 0 fully saturated rings. The quantitative estimate of drug-likeness (QED) is 0.509. The predicted octanol–water partition coefficient (Wildman–Crippen LogP) is 2.50. The van der Waals surface area contributed by atoms with Gasteiger partial charge in [-0.2, -0.15) is 0 Å². The first kappa shape index (κ1) is 21.4. The molecule has 0 heterocycles. The largest absolute Gasteiger partial charge is 0.354 e. The summed E-state index contributed by atoms with van der Waals surface area (Å²) in [5, 5.41) is 13.8. The van der Waals surface area contributed by atoms with Crippen molar-refractivity contribution in [2.75, 3.05) is 17.1 Å². The number of carbonyl (C=O) groups excluding carboxylic acids is 1. The molecule has 0 aliphatic heterocycles. The van der Waals surface area contributed by atoms with E-state index in [1.54, 1.807) is 6.92 Å². The van der Waals surface area contributed by atoms with Crippen molar-refractivity contribution in [3.05, 3.63) is 70.3 Å². The summed E-state index contributed by atoms with van der Waals surface area (Å²) < 4.78 is 25.7. The fourth-order valence-corrected chi connectivity index (χ4v) is 4.10. The monoisotopic (exact) mass is 405 g/mol. The van der Waals surface area contributed by atoms with Crippen molar-refractivity contribution in [3.8, 4) is 0 Å². The number of hydrogen-bond donors (Lipinski definition) is 1. The first-order valence-corrected chi connectivity index (χ1v) is 10.6. The molecule has 0 aliphatic carbocycles. The lowest BCUT2D eigenvalue weighted by Gasteiger charge is -2.30. The van der Waals surface area contributed by atoms with Gasteiger partial charge in [-0.15, -0.1) is 0 Å². The lowest BCUT2D eigenvalue weighted by atomic mass is 10.1. The Hall–Kier alpha value is -2.94. The van der Waals surface area contributed by atoms with Crippen molar-refractivity contribution in [1.82, 2.24) is 5.32 Å². The number of nitrogens with one attached hydrogen (secondary N) is 1. The Bertz CT molecular complexity index is 932. The zero-order valence-electron chi connectivity index (χ0n) is 15.7. The van der Waals surface area contributed by atoms with Crippen molar-refractivity contribution in [2.45, 2.75) is 25.8 Å². The molecule has 150 valence electrons. The minimum absolute atomic E-state index is 0.0850. The van der Waals surface area contributed by atoms with E-state index in [1.807, 2.05) is 30.3 Å². The zero-order chi connectivity index (χ0) is 20.7. The van der Waals surface area contributed by atoms with Gasteiger partial charge in [0.2, 0.25) is 15.9 Å². The molecule has 0 aromatic heterocycles. The molecular formula is C19H23N3O5S. The van der Waals surface area contributed by atoms with E-state index < -0.39 is 26.9 Å². The summed E-state index contributed by atoms with van der Waals surface area (Å²) in [6.45, 7) is 2.04. The Kier molecular flexibility index (Phi) is 7.11. The summed E-state index contributed by atoms with van der Waals surface area (Å²) in [6, 6.07) is 13.8. The number of nitro groups is 1. The number of amides is 1. The maximum Gasteiger partial charge on any atom is 0.271 e. The fourth-order valence-electron chi connectivity index (χ4n) is 2.90. The SMILES string of the molecule is CC[C@H](C(=O)NCCc1ccccc1)N(c1cccc([N+](=O)[O-])c1)S(C)(=O)=O. The molecule has 0 bridgehead atoms. The average Bonchev–Trinajstić information content (AvgIpc) is 2.65. The summed E-state index contributed by atoms with van der Waals surface area (Å²) in [5.41, 5.74) is 0.891. The highest BCUT2D eigenvalue weighted by Crippen LogP contribution is 2.26. The number of rotatable bonds is 9. The van der Waals surface area contributed by atoms with Crippen LogP contribution in [0.4, 0.5) is 11.4 Å². The predicted molar refractivity (Wildman–Crippen MR) is 108 cm³/mol. The second-order valence-electron chi connectivity index (χ2n) is 6.29. The van der Waals surface area contributed by atoms with Crippen LogP contribution in [0.15, 0.2) is 54.6 Å². The molecule has 0 saturated carbocycles. The van der Waals surface area contributed by atoms with Crippen LogP contribution in [-0.2, 0) is 21.2 Å². The van der Waals surface area contributed by atoms with E-state index in [2.05, 4.69) is 5.32 Å². The maximum atomic E-state index is 12.7. The van der Waals surface area contributed by atoms with Gasteiger partial charge in [-0.3, -0.25) is 19.2 Å². The van der Waals surface area contributed by atoms with Crippen LogP contribution in [0, 0.1) is 10.1 Å². The molecule has 2 aromatic rings. The average molecular weight is 405 g/mol. The van der Waals surface area contributed by atoms with E-state index >= 15 is 0 Å². The van der Waals surface area contributed by atoms with Gasteiger partial charge in [-0.25, -0.2) is 8.42 Å². The van der Waals surface area contributed by atoms with Crippen LogP contribution in [-0.4, -0.2) is 38.1 Å². The van der Waals surface area contributed by atoms with Crippen LogP contribution < -0.4 is 9.62 Å². The third-order valence-electron chi connectivity index (χ3n) is 4.18. The smallest absolute Gasteiger partial charge is 0.271 e. The van der Waals surface area contributed by atoms with Crippen LogP contribution >= 0.6 is 0 Å². The molecule has 0 aliphatic rings. The summed E-state index contributed by atoms with van der Waals surface area (Å²) in [6.07, 6.45) is 1.80. The summed E-state index contributed by atoms with van der Waals surface area (Å²) >= 11 is 0. The minimum atomic E-state index is -3.84. The van der Waals surface area contributed by atoms with Gasteiger partial charge in [-0.1, -0.05) is 43.3 Å². The first-order valence-electron chi connectivity index (χ1n) is 8.79. The van der Waals surface area contributed by atoms with E-state index in [9.17, 15) is 23.3 Å². The van der Waals surface area contributed by atoms with Gasteiger partial charge in [0.1, 0.15) is 6.04 Å². The van der Waals surface area contributed by atoms with Gasteiger partial charge in [0.15, 0.2) is 0 Å². The van der Waals surface area contributed by atoms with Gasteiger partial charge >= 0.3 is 0 Å². The third kappa shape index (κ3) is 5.53. The number of hydrogen-bond acceptors (Lipinski definition) is 5. The van der Waals surface area contributed by atoms with E-state index in [0.29, 0.717) is 13.0 Å². The number of carbonyl (C=O) groups is 1. The molecule has 2 rings (SSSR count). The standard InChI is InChI=1S/C19H23N3O5S/c1-3-18(19(23)20-13-12-15-8-5-4-6-9-15)21(28(2,26)27)16-10-7-11-17(14-16)22(24)25/h4-11,14,18H,3,12-13H2,1-2H3,(H,20,23)/t18-/m1/s1. The molecule has 0 saturated heterocycles. The van der Waals surface area contributed by atoms with Crippen LogP contribution in [0.1, 0.15) is 18.9 Å². The molecule has 0 radical (unpaired) electrons. The lowest BCUT2D eigenvalue weighted by molar-refractivity contribution is -0.384. The van der Waals surface area contributed by atoms with Gasteiger partial charge in [0.25, 0.3) is 5.69 Å². The van der Waals surface area contributed by atoms with E-state index in [0.717, 1.165) is 22.2 Å². The maximum absolute atomic E-state index is 12.7. The number of nitro benzene ring substituents is 1. The minimum Gasteiger partial charge on any atom is -0.354 e. The highest BCUT2D eigenvalue weighted by molar-refractivity contribution is 7.92. The summed E-state index contributed by atoms with van der Waals surface area (Å²) in [4.78, 5) is 23.1. The molecule has 8 nitrogen and oxygen atoms in total. The lowest BCUT2D eigenvalue weighted by Crippen LogP contribution is -2.49. The Morgan fingerprint density at radius 2 is 1.86 bits per heavy atom. The number of non-ortho nitro benzene ring substituents is 1. The van der Waals surface area contributed by atoms with Gasteiger partial charge < -0.3 is 5.32 Å². The van der Waals surface area contributed by atoms with Crippen molar-refractivity contribution in [2.24, 2.45) is 0 Å². The summed E-state index contributed by atoms with van der Waals surface area (Å²) in [5.74, 6) is -0.449. The molecule has 2 aromatic carbocycles. The second kappa shape index (κ2) is 9.32. The van der Waals surface area contributed by atoms with Gasteiger partial charge in [-0.05, 0) is 24.5 Å². The Morgan fingerprint density at radius 3 is 2.43 bits per heavy atom. The second-order valence-corrected chi connectivity index (χ2v) is 8.15. The Balaban J connectivity index is 2.21. The van der Waals surface area contributed by atoms with E-state index in [-0.39, 0.29) is 17.8 Å². The normalized spacial score (nSPS) is 12.2. The van der Waals surface area contributed by atoms with E-state index in [4.69, 9.17) is 0 Å². The molecule has 28 heavy (non-hydrogen) atoms. The van der Waals surface area contributed by atoms with Crippen LogP contribution in [0.25, 0.3) is 0 Å². The molecule has 0 unspecified atom stereocenters. The molecule has 9 heteroatoms. The third-order valence-corrected chi connectivity index (χ3v) is 5.36. The molecular weight excluding hydrogens is 382 g/mol. The molecule has 0 spiro atoms. The first-order chi connectivity index (χ1) is 13.2. The zero-order valence-corrected chi connectivity index (χ0v) is 16.6.